The molecule has 1 aromatic heterocycles. The number of nitrogens with one attached hydrogen (secondary N) is 2. The Morgan fingerprint density at radius 3 is 2.90 bits per heavy atom. The first-order valence-corrected chi connectivity index (χ1v) is 6.63. The van der Waals surface area contributed by atoms with Gasteiger partial charge in [0.05, 0.1) is 6.61 Å². The van der Waals surface area contributed by atoms with Crippen molar-refractivity contribution in [3.63, 3.8) is 0 Å². The van der Waals surface area contributed by atoms with E-state index in [1.165, 1.54) is 11.1 Å². The molecule has 2 N–H and O–H groups in total. The third-order valence-electron chi connectivity index (χ3n) is 2.80. The quantitative estimate of drug-likeness (QED) is 0.758. The number of methoxy groups -OCH3 is 1. The van der Waals surface area contributed by atoms with Gasteiger partial charge in [-0.2, -0.15) is 4.98 Å². The maximum atomic E-state index is 4.98. The van der Waals surface area contributed by atoms with Gasteiger partial charge in [-0.15, -0.1) is 0 Å². The van der Waals surface area contributed by atoms with Crippen LogP contribution in [0.2, 0.25) is 0 Å². The molecule has 0 spiro atoms. The molecule has 2 aromatic rings. The lowest BCUT2D eigenvalue weighted by molar-refractivity contribution is 0.210. The molecule has 0 unspecified atom stereocenters. The van der Waals surface area contributed by atoms with Crippen molar-refractivity contribution < 1.29 is 4.74 Å². The number of hydrogen-bond donors (Lipinski definition) is 2. The smallest absolute Gasteiger partial charge is 0.224 e. The predicted octanol–water partition coefficient (Wildman–Crippen LogP) is 2.46. The van der Waals surface area contributed by atoms with Crippen LogP contribution in [-0.2, 0) is 11.3 Å². The van der Waals surface area contributed by atoms with Crippen LogP contribution in [0.4, 0.5) is 11.8 Å². The molecule has 0 saturated carbocycles. The summed E-state index contributed by atoms with van der Waals surface area (Å²) in [6.45, 7) is 4.16. The Bertz CT molecular complexity index is 545. The second-order valence-electron chi connectivity index (χ2n) is 4.53. The zero-order chi connectivity index (χ0) is 14.2. The number of benzene rings is 1. The molecule has 106 valence electrons. The lowest BCUT2D eigenvalue weighted by Gasteiger charge is -2.08. The molecule has 0 amide bonds. The predicted molar refractivity (Wildman–Crippen MR) is 80.9 cm³/mol. The number of nitrogens with zero attached hydrogens (tertiary/aromatic N) is 2. The van der Waals surface area contributed by atoms with Gasteiger partial charge in [0.25, 0.3) is 0 Å². The maximum absolute atomic E-state index is 4.98. The summed E-state index contributed by atoms with van der Waals surface area (Å²) in [7, 11) is 1.67. The van der Waals surface area contributed by atoms with Crippen molar-refractivity contribution in [2.75, 3.05) is 30.9 Å². The minimum absolute atomic E-state index is 0.608. The lowest BCUT2D eigenvalue weighted by atomic mass is 10.1. The molecule has 1 heterocycles. The van der Waals surface area contributed by atoms with Gasteiger partial charge in [0.1, 0.15) is 5.82 Å². The highest BCUT2D eigenvalue weighted by atomic mass is 16.5. The minimum atomic E-state index is 0.608. The minimum Gasteiger partial charge on any atom is -0.383 e. The fourth-order valence-corrected chi connectivity index (χ4v) is 1.82. The molecular formula is C15H20N4O. The van der Waals surface area contributed by atoms with Crippen LogP contribution in [-0.4, -0.2) is 30.2 Å². The first-order chi connectivity index (χ1) is 9.78. The second-order valence-corrected chi connectivity index (χ2v) is 4.53. The van der Waals surface area contributed by atoms with Crippen LogP contribution in [0.3, 0.4) is 0 Å². The van der Waals surface area contributed by atoms with Gasteiger partial charge in [-0.3, -0.25) is 0 Å². The molecule has 0 bridgehead atoms. The van der Waals surface area contributed by atoms with E-state index in [-0.39, 0.29) is 0 Å². The van der Waals surface area contributed by atoms with Crippen molar-refractivity contribution in [2.24, 2.45) is 0 Å². The van der Waals surface area contributed by atoms with Crippen LogP contribution >= 0.6 is 0 Å². The summed E-state index contributed by atoms with van der Waals surface area (Å²) < 4.78 is 4.98. The normalized spacial score (nSPS) is 10.3. The Kier molecular flexibility index (Phi) is 5.32. The van der Waals surface area contributed by atoms with Gasteiger partial charge in [-0.05, 0) is 18.6 Å². The highest BCUT2D eigenvalue weighted by Crippen LogP contribution is 2.09. The molecular weight excluding hydrogens is 252 g/mol. The van der Waals surface area contributed by atoms with Gasteiger partial charge in [0.15, 0.2) is 0 Å². The van der Waals surface area contributed by atoms with Gasteiger partial charge in [-0.1, -0.05) is 29.8 Å². The van der Waals surface area contributed by atoms with E-state index in [1.807, 2.05) is 6.07 Å². The third kappa shape index (κ3) is 4.51. The molecule has 2 rings (SSSR count). The van der Waals surface area contributed by atoms with Crippen molar-refractivity contribution in [3.05, 3.63) is 47.7 Å². The topological polar surface area (TPSA) is 59.1 Å². The molecule has 0 aliphatic heterocycles. The summed E-state index contributed by atoms with van der Waals surface area (Å²) in [6.07, 6.45) is 1.74. The Balaban J connectivity index is 1.91. The summed E-state index contributed by atoms with van der Waals surface area (Å²) in [4.78, 5) is 8.56. The lowest BCUT2D eigenvalue weighted by Crippen LogP contribution is -2.11. The molecule has 20 heavy (non-hydrogen) atoms. The van der Waals surface area contributed by atoms with E-state index in [2.05, 4.69) is 51.8 Å². The van der Waals surface area contributed by atoms with E-state index in [9.17, 15) is 0 Å². The van der Waals surface area contributed by atoms with Gasteiger partial charge < -0.3 is 15.4 Å². The van der Waals surface area contributed by atoms with Crippen molar-refractivity contribution in [1.29, 1.82) is 0 Å². The molecule has 0 aliphatic rings. The largest absolute Gasteiger partial charge is 0.383 e. The third-order valence-corrected chi connectivity index (χ3v) is 2.80. The number of aromatic nitrogens is 2. The Morgan fingerprint density at radius 1 is 1.20 bits per heavy atom. The van der Waals surface area contributed by atoms with E-state index < -0.39 is 0 Å². The zero-order valence-corrected chi connectivity index (χ0v) is 11.9. The van der Waals surface area contributed by atoms with Crippen LogP contribution in [0.25, 0.3) is 0 Å². The Labute approximate surface area is 119 Å². The van der Waals surface area contributed by atoms with E-state index in [0.717, 1.165) is 12.4 Å². The van der Waals surface area contributed by atoms with Gasteiger partial charge >= 0.3 is 0 Å². The van der Waals surface area contributed by atoms with Crippen LogP contribution in [0, 0.1) is 6.92 Å². The number of aryl methyl sites for hydroxylation is 1. The zero-order valence-electron chi connectivity index (χ0n) is 11.9. The van der Waals surface area contributed by atoms with Crippen molar-refractivity contribution in [2.45, 2.75) is 13.5 Å². The van der Waals surface area contributed by atoms with Crippen molar-refractivity contribution in [1.82, 2.24) is 9.97 Å². The molecule has 0 fully saturated rings. The van der Waals surface area contributed by atoms with Gasteiger partial charge in [-0.25, -0.2) is 4.98 Å². The number of rotatable bonds is 7. The summed E-state index contributed by atoms with van der Waals surface area (Å²) in [5.74, 6) is 1.41. The van der Waals surface area contributed by atoms with Crippen LogP contribution in [0.1, 0.15) is 11.1 Å². The first-order valence-electron chi connectivity index (χ1n) is 6.63. The molecule has 0 aliphatic carbocycles. The first kappa shape index (κ1) is 14.3. The maximum Gasteiger partial charge on any atom is 0.224 e. The fraction of sp³-hybridized carbons (Fsp3) is 0.333. The standard InChI is InChI=1S/C15H20N4O/c1-12-4-3-5-13(10-12)11-18-14-6-7-16-15(19-14)17-8-9-20-2/h3-7,10H,8-9,11H2,1-2H3,(H2,16,17,18,19). The Hall–Kier alpha value is -2.14. The molecule has 0 saturated heterocycles. The Morgan fingerprint density at radius 2 is 2.10 bits per heavy atom. The second kappa shape index (κ2) is 7.45. The average Bonchev–Trinajstić information content (AvgIpc) is 2.46. The molecule has 5 heteroatoms. The summed E-state index contributed by atoms with van der Waals surface area (Å²) in [5, 5.41) is 6.40. The van der Waals surface area contributed by atoms with Gasteiger partial charge in [0.2, 0.25) is 5.95 Å². The molecule has 1 aromatic carbocycles. The van der Waals surface area contributed by atoms with E-state index in [0.29, 0.717) is 19.1 Å². The summed E-state index contributed by atoms with van der Waals surface area (Å²) in [6, 6.07) is 10.3. The molecule has 0 atom stereocenters. The van der Waals surface area contributed by atoms with E-state index in [4.69, 9.17) is 4.74 Å². The van der Waals surface area contributed by atoms with E-state index >= 15 is 0 Å². The highest BCUT2D eigenvalue weighted by molar-refractivity contribution is 5.40. The van der Waals surface area contributed by atoms with Crippen molar-refractivity contribution in [3.8, 4) is 0 Å². The summed E-state index contributed by atoms with van der Waals surface area (Å²) >= 11 is 0. The number of anilines is 2. The molecule has 0 radical (unpaired) electrons. The number of ether oxygens (including phenoxy) is 1. The molecule has 5 nitrogen and oxygen atoms in total. The fourth-order valence-electron chi connectivity index (χ4n) is 1.82. The SMILES string of the molecule is COCCNc1nccc(NCc2cccc(C)c2)n1. The van der Waals surface area contributed by atoms with Gasteiger partial charge in [0, 0.05) is 26.4 Å². The monoisotopic (exact) mass is 272 g/mol. The number of hydrogen-bond acceptors (Lipinski definition) is 5. The average molecular weight is 272 g/mol. The van der Waals surface area contributed by atoms with Crippen LogP contribution in [0.15, 0.2) is 36.5 Å². The highest BCUT2D eigenvalue weighted by Gasteiger charge is 1.99. The van der Waals surface area contributed by atoms with Crippen molar-refractivity contribution >= 4 is 11.8 Å². The summed E-state index contributed by atoms with van der Waals surface area (Å²) in [5.41, 5.74) is 2.49. The van der Waals surface area contributed by atoms with E-state index in [1.54, 1.807) is 13.3 Å². The van der Waals surface area contributed by atoms with Crippen LogP contribution in [0.5, 0.6) is 0 Å². The van der Waals surface area contributed by atoms with Crippen LogP contribution < -0.4 is 10.6 Å².